The summed E-state index contributed by atoms with van der Waals surface area (Å²) in [7, 11) is 1.83. The molecule has 57 heavy (non-hydrogen) atoms. The van der Waals surface area contributed by atoms with Crippen molar-refractivity contribution >= 4 is 68.6 Å². The lowest BCUT2D eigenvalue weighted by atomic mass is 10.0. The van der Waals surface area contributed by atoms with E-state index in [1.165, 1.54) is 70.9 Å². The van der Waals surface area contributed by atoms with Gasteiger partial charge in [0.25, 0.3) is 11.8 Å². The van der Waals surface area contributed by atoms with Crippen LogP contribution < -0.4 is 40.2 Å². The fraction of sp³-hybridized carbons (Fsp3) is 0.289. The molecule has 0 saturated carbocycles. The zero-order chi connectivity index (χ0) is 41.4. The van der Waals surface area contributed by atoms with Gasteiger partial charge in [0.15, 0.2) is 9.84 Å². The third-order valence-electron chi connectivity index (χ3n) is 8.87. The van der Waals surface area contributed by atoms with E-state index < -0.39 is 69.5 Å². The van der Waals surface area contributed by atoms with Crippen molar-refractivity contribution in [2.75, 3.05) is 45.6 Å². The molecule has 2 aliphatic rings. The molecule has 0 aromatic heterocycles. The summed E-state index contributed by atoms with van der Waals surface area (Å²) in [4.78, 5) is 89.2. The van der Waals surface area contributed by atoms with Crippen molar-refractivity contribution in [3.05, 3.63) is 76.2 Å². The fourth-order valence-corrected chi connectivity index (χ4v) is 7.20. The number of fused-ring (bicyclic) bond motifs is 1. The Labute approximate surface area is 326 Å². The zero-order valence-corrected chi connectivity index (χ0v) is 32.1. The summed E-state index contributed by atoms with van der Waals surface area (Å²) >= 11 is 0. The predicted molar refractivity (Wildman–Crippen MR) is 203 cm³/mol. The summed E-state index contributed by atoms with van der Waals surface area (Å²) in [5, 5.41) is 10.6. The minimum absolute atomic E-state index is 0.0167. The maximum absolute atomic E-state index is 13.3. The number of methoxy groups -OCH3 is 4. The van der Waals surface area contributed by atoms with Crippen LogP contribution in [0.1, 0.15) is 57.5 Å². The number of carbonyl (C=O) groups excluding carboxylic acids is 7. The van der Waals surface area contributed by atoms with Gasteiger partial charge in [-0.1, -0.05) is 12.1 Å². The van der Waals surface area contributed by atoms with Gasteiger partial charge in [-0.05, 0) is 42.3 Å². The Balaban J connectivity index is 1.14. The van der Waals surface area contributed by atoms with Crippen LogP contribution in [0.25, 0.3) is 6.08 Å². The Morgan fingerprint density at radius 2 is 1.47 bits per heavy atom. The minimum Gasteiger partial charge on any atom is -0.496 e. The highest BCUT2D eigenvalue weighted by Gasteiger charge is 2.45. The van der Waals surface area contributed by atoms with Gasteiger partial charge in [0.2, 0.25) is 29.5 Å². The Morgan fingerprint density at radius 3 is 2.12 bits per heavy atom. The third-order valence-corrected chi connectivity index (χ3v) is 10.2. The van der Waals surface area contributed by atoms with Gasteiger partial charge in [0.05, 0.1) is 68.8 Å². The molecule has 4 N–H and O–H groups in total. The molecule has 3 aromatic carbocycles. The van der Waals surface area contributed by atoms with Gasteiger partial charge < -0.3 is 34.9 Å². The zero-order valence-electron chi connectivity index (χ0n) is 31.3. The number of hydrogen-bond acceptors (Lipinski definition) is 13. The number of benzene rings is 3. The molecule has 0 aliphatic carbocycles. The lowest BCUT2D eigenvalue weighted by Crippen LogP contribution is -2.54. The molecule has 3 aromatic rings. The number of rotatable bonds is 16. The normalized spacial score (nSPS) is 15.2. The highest BCUT2D eigenvalue weighted by atomic mass is 32.2. The SMILES string of the molecule is COc1cc(OC)c(C=CS(=O)(=O)Cc2ccc(OC)c(NC(=O)CCC(=O)NCC(=O)Nc3cccc4c3C(=O)N(C3CCC(=O)NC3=O)C4=O)c2)c(OC)c1. The number of sulfone groups is 1. The first-order valence-corrected chi connectivity index (χ1v) is 19.0. The predicted octanol–water partition coefficient (Wildman–Crippen LogP) is 2.18. The van der Waals surface area contributed by atoms with Crippen LogP contribution in [-0.2, 0) is 39.6 Å². The summed E-state index contributed by atoms with van der Waals surface area (Å²) in [6.07, 6.45) is 0.619. The van der Waals surface area contributed by atoms with Crippen molar-refractivity contribution < 1.29 is 60.9 Å². The quantitative estimate of drug-likeness (QED) is 0.152. The van der Waals surface area contributed by atoms with Crippen molar-refractivity contribution in [1.29, 1.82) is 0 Å². The lowest BCUT2D eigenvalue weighted by Gasteiger charge is -2.27. The number of anilines is 2. The second-order valence-electron chi connectivity index (χ2n) is 12.6. The number of imide groups is 2. The molecule has 2 aliphatic heterocycles. The second-order valence-corrected chi connectivity index (χ2v) is 14.5. The molecule has 2 heterocycles. The van der Waals surface area contributed by atoms with Crippen molar-refractivity contribution in [1.82, 2.24) is 15.5 Å². The maximum Gasteiger partial charge on any atom is 0.264 e. The number of amides is 7. The molecule has 0 bridgehead atoms. The summed E-state index contributed by atoms with van der Waals surface area (Å²) < 4.78 is 47.5. The van der Waals surface area contributed by atoms with Crippen molar-refractivity contribution in [2.45, 2.75) is 37.5 Å². The van der Waals surface area contributed by atoms with E-state index in [4.69, 9.17) is 18.9 Å². The van der Waals surface area contributed by atoms with E-state index >= 15 is 0 Å². The van der Waals surface area contributed by atoms with Gasteiger partial charge in [-0.25, -0.2) is 8.42 Å². The largest absolute Gasteiger partial charge is 0.496 e. The van der Waals surface area contributed by atoms with Crippen LogP contribution in [0.5, 0.6) is 23.0 Å². The van der Waals surface area contributed by atoms with Crippen molar-refractivity contribution in [3.63, 3.8) is 0 Å². The third kappa shape index (κ3) is 9.74. The average molecular weight is 806 g/mol. The van der Waals surface area contributed by atoms with E-state index in [0.29, 0.717) is 28.4 Å². The molecule has 5 rings (SSSR count). The van der Waals surface area contributed by atoms with Gasteiger partial charge in [0, 0.05) is 36.8 Å². The van der Waals surface area contributed by atoms with Gasteiger partial charge in [-0.15, -0.1) is 0 Å². The summed E-state index contributed by atoms with van der Waals surface area (Å²) in [6.45, 7) is -0.542. The van der Waals surface area contributed by atoms with Gasteiger partial charge in [-0.3, -0.25) is 43.8 Å². The highest BCUT2D eigenvalue weighted by Crippen LogP contribution is 2.36. The standard InChI is InChI=1S/C38H39N5O13S/c1-53-22-17-29(55-3)23(30(18-22)56-4)14-15-57(51,52)20-21-8-10-28(54-2)26(16-21)41-32(45)13-12-31(44)39-19-34(47)40-25-7-5-6-24-35(25)38(50)43(37(24)49)27-9-11-33(46)42-36(27)48/h5-8,10,14-18,27H,9,11-13,19-20H2,1-4H3,(H,39,44)(H,40,47)(H,41,45)(H,42,46,48). The van der Waals surface area contributed by atoms with Gasteiger partial charge in [-0.2, -0.15) is 0 Å². The van der Waals surface area contributed by atoms with E-state index in [1.807, 2.05) is 0 Å². The summed E-state index contributed by atoms with van der Waals surface area (Å²) in [6, 6.07) is 10.6. The van der Waals surface area contributed by atoms with Crippen LogP contribution in [0.3, 0.4) is 0 Å². The Morgan fingerprint density at radius 1 is 0.807 bits per heavy atom. The molecule has 19 heteroatoms. The molecule has 0 radical (unpaired) electrons. The van der Waals surface area contributed by atoms with Gasteiger partial charge in [0.1, 0.15) is 29.0 Å². The maximum atomic E-state index is 13.3. The van der Waals surface area contributed by atoms with E-state index in [0.717, 1.165) is 10.3 Å². The Hall–Kier alpha value is -6.76. The monoisotopic (exact) mass is 805 g/mol. The Bertz CT molecular complexity index is 2260. The first-order valence-electron chi connectivity index (χ1n) is 17.3. The number of hydrogen-bond donors (Lipinski definition) is 4. The topological polar surface area (TPSA) is 242 Å². The summed E-state index contributed by atoms with van der Waals surface area (Å²) in [5.74, 6) is -3.94. The smallest absolute Gasteiger partial charge is 0.264 e. The van der Waals surface area contributed by atoms with E-state index in [9.17, 15) is 42.0 Å². The van der Waals surface area contributed by atoms with Crippen LogP contribution in [0.15, 0.2) is 53.9 Å². The molecule has 1 atom stereocenters. The first kappa shape index (κ1) is 41.4. The Kier molecular flexibility index (Phi) is 12.9. The number of piperidine rings is 1. The van der Waals surface area contributed by atoms with Crippen molar-refractivity contribution in [3.8, 4) is 23.0 Å². The van der Waals surface area contributed by atoms with E-state index in [1.54, 1.807) is 12.1 Å². The molecule has 0 spiro atoms. The van der Waals surface area contributed by atoms with Crippen LogP contribution >= 0.6 is 0 Å². The van der Waals surface area contributed by atoms with E-state index in [-0.39, 0.29) is 53.9 Å². The fourth-order valence-electron chi connectivity index (χ4n) is 6.11. The molecule has 7 amide bonds. The van der Waals surface area contributed by atoms with E-state index in [2.05, 4.69) is 21.3 Å². The molecule has 18 nitrogen and oxygen atoms in total. The molecular weight excluding hydrogens is 767 g/mol. The molecule has 1 fully saturated rings. The summed E-state index contributed by atoms with van der Waals surface area (Å²) in [5.41, 5.74) is 0.684. The number of ether oxygens (including phenoxy) is 4. The molecule has 1 saturated heterocycles. The number of nitrogens with zero attached hydrogens (tertiary/aromatic N) is 1. The van der Waals surface area contributed by atoms with Crippen molar-refractivity contribution in [2.24, 2.45) is 0 Å². The lowest BCUT2D eigenvalue weighted by molar-refractivity contribution is -0.136. The number of carbonyl (C=O) groups is 7. The first-order chi connectivity index (χ1) is 27.2. The molecule has 300 valence electrons. The highest BCUT2D eigenvalue weighted by molar-refractivity contribution is 7.93. The molecular formula is C38H39N5O13S. The van der Waals surface area contributed by atoms with Crippen LogP contribution in [-0.4, -0.2) is 95.7 Å². The minimum atomic E-state index is -3.86. The second kappa shape index (κ2) is 17.8. The number of nitrogens with one attached hydrogen (secondary N) is 4. The van der Waals surface area contributed by atoms with Crippen LogP contribution in [0.2, 0.25) is 0 Å². The molecule has 1 unspecified atom stereocenters. The van der Waals surface area contributed by atoms with Crippen LogP contribution in [0.4, 0.5) is 11.4 Å². The average Bonchev–Trinajstić information content (AvgIpc) is 3.44. The van der Waals surface area contributed by atoms with Gasteiger partial charge >= 0.3 is 0 Å². The van der Waals surface area contributed by atoms with Crippen LogP contribution in [0, 0.1) is 0 Å².